The minimum Gasteiger partial charge on any atom is -0.478 e. The van der Waals surface area contributed by atoms with Crippen LogP contribution in [0.25, 0.3) is 5.69 Å². The Morgan fingerprint density at radius 3 is 2.71 bits per heavy atom. The van der Waals surface area contributed by atoms with E-state index in [9.17, 15) is 14.5 Å². The van der Waals surface area contributed by atoms with Gasteiger partial charge in [0.05, 0.1) is 16.4 Å². The van der Waals surface area contributed by atoms with Crippen LogP contribution in [0.5, 0.6) is 5.75 Å². The molecule has 0 bridgehead atoms. The van der Waals surface area contributed by atoms with Gasteiger partial charge >= 0.3 is 5.82 Å². The van der Waals surface area contributed by atoms with Gasteiger partial charge in [-0.2, -0.15) is 10.2 Å². The van der Waals surface area contributed by atoms with Crippen LogP contribution in [0.15, 0.2) is 52.1 Å². The van der Waals surface area contributed by atoms with Crippen molar-refractivity contribution in [3.63, 3.8) is 0 Å². The maximum absolute atomic E-state index is 14.3. The maximum Gasteiger partial charge on any atom is 0.406 e. The number of ether oxygens (including phenoxy) is 1. The minimum absolute atomic E-state index is 0.0446. The van der Waals surface area contributed by atoms with Crippen LogP contribution in [-0.4, -0.2) is 34.5 Å². The summed E-state index contributed by atoms with van der Waals surface area (Å²) in [7, 11) is 0. The third-order valence-electron chi connectivity index (χ3n) is 5.04. The van der Waals surface area contributed by atoms with Gasteiger partial charge < -0.3 is 14.9 Å². The molecule has 1 aromatic carbocycles. The van der Waals surface area contributed by atoms with Crippen LogP contribution in [0.2, 0.25) is 0 Å². The van der Waals surface area contributed by atoms with E-state index < -0.39 is 22.7 Å². The molecule has 0 spiro atoms. The lowest BCUT2D eigenvalue weighted by Crippen LogP contribution is -2.13. The molecule has 0 aliphatic heterocycles. The molecule has 1 unspecified atom stereocenters. The van der Waals surface area contributed by atoms with Gasteiger partial charge in [0.1, 0.15) is 28.7 Å². The van der Waals surface area contributed by atoms with Gasteiger partial charge in [-0.25, -0.2) is 14.1 Å². The molecule has 0 aliphatic rings. The van der Waals surface area contributed by atoms with Crippen LogP contribution in [0.4, 0.5) is 10.2 Å². The molecule has 10 nitrogen and oxygen atoms in total. The fourth-order valence-corrected chi connectivity index (χ4v) is 4.34. The molecule has 0 N–H and O–H groups in total. The van der Waals surface area contributed by atoms with Crippen LogP contribution < -0.4 is 4.74 Å². The van der Waals surface area contributed by atoms with Crippen LogP contribution in [0.1, 0.15) is 36.9 Å². The lowest BCUT2D eigenvalue weighted by molar-refractivity contribution is -0.390. The van der Waals surface area contributed by atoms with Crippen molar-refractivity contribution in [1.82, 2.24) is 29.5 Å². The Balaban J connectivity index is 1.71. The summed E-state index contributed by atoms with van der Waals surface area (Å²) in [6, 6.07) is 5.64. The zero-order valence-electron chi connectivity index (χ0n) is 18.0. The summed E-state index contributed by atoms with van der Waals surface area (Å²) >= 11 is 6.80. The molecule has 4 aromatic rings. The first kappa shape index (κ1) is 24.0. The molecular formula is C21H18Br2FN7O3. The lowest BCUT2D eigenvalue weighted by Gasteiger charge is -2.19. The molecule has 4 rings (SSSR count). The number of halogens is 3. The van der Waals surface area contributed by atoms with Crippen LogP contribution in [-0.2, 0) is 13.0 Å². The molecule has 3 heterocycles. The lowest BCUT2D eigenvalue weighted by atomic mass is 10.1. The van der Waals surface area contributed by atoms with E-state index in [0.717, 1.165) is 10.2 Å². The molecule has 176 valence electrons. The van der Waals surface area contributed by atoms with Gasteiger partial charge in [0.25, 0.3) is 0 Å². The molecule has 0 saturated carbocycles. The molecule has 0 amide bonds. The molecule has 0 fully saturated rings. The Morgan fingerprint density at radius 2 is 2.00 bits per heavy atom. The van der Waals surface area contributed by atoms with Crippen LogP contribution in [0, 0.1) is 15.9 Å². The van der Waals surface area contributed by atoms with Gasteiger partial charge in [0, 0.05) is 30.2 Å². The summed E-state index contributed by atoms with van der Waals surface area (Å²) in [6.45, 7) is 4.36. The van der Waals surface area contributed by atoms with Crippen molar-refractivity contribution in [1.29, 1.82) is 0 Å². The van der Waals surface area contributed by atoms with E-state index in [1.54, 1.807) is 23.9 Å². The highest BCUT2D eigenvalue weighted by atomic mass is 79.9. The quantitative estimate of drug-likeness (QED) is 0.204. The number of nitro groups is 1. The number of rotatable bonds is 8. The van der Waals surface area contributed by atoms with Gasteiger partial charge in [0.15, 0.2) is 6.20 Å². The van der Waals surface area contributed by atoms with E-state index in [1.807, 2.05) is 11.6 Å². The Morgan fingerprint density at radius 1 is 1.21 bits per heavy atom. The fourth-order valence-electron chi connectivity index (χ4n) is 3.44. The Hall–Kier alpha value is -3.19. The summed E-state index contributed by atoms with van der Waals surface area (Å²) in [5, 5.41) is 20.0. The average Bonchev–Trinajstić information content (AvgIpc) is 3.40. The molecule has 0 aliphatic carbocycles. The standard InChI is InChI=1S/C21H18Br2FN7O3/c1-3-29-20(23)13(9-27-29)6-19-26-11-28-30(19)17-5-4-15(24)8-16(17)12(2)34-18-7-14(22)10-25-21(18)31(32)33/h4-5,7-12H,3,6H2,1-2H3. The molecule has 1 atom stereocenters. The van der Waals surface area contributed by atoms with Crippen molar-refractivity contribution in [3.05, 3.63) is 84.9 Å². The molecule has 0 saturated heterocycles. The largest absolute Gasteiger partial charge is 0.478 e. The topological polar surface area (TPSA) is 114 Å². The number of aromatic nitrogens is 6. The molecule has 13 heteroatoms. The van der Waals surface area contributed by atoms with E-state index in [1.165, 1.54) is 30.7 Å². The normalized spacial score (nSPS) is 12.0. The van der Waals surface area contributed by atoms with Crippen molar-refractivity contribution in [2.75, 3.05) is 0 Å². The van der Waals surface area contributed by atoms with Crippen molar-refractivity contribution >= 4 is 37.7 Å². The van der Waals surface area contributed by atoms with E-state index in [2.05, 4.69) is 52.0 Å². The monoisotopic (exact) mass is 593 g/mol. The van der Waals surface area contributed by atoms with E-state index in [4.69, 9.17) is 4.74 Å². The van der Waals surface area contributed by atoms with Crippen LogP contribution in [0.3, 0.4) is 0 Å². The third-order valence-corrected chi connectivity index (χ3v) is 6.40. The number of hydrogen-bond acceptors (Lipinski definition) is 7. The predicted octanol–water partition coefficient (Wildman–Crippen LogP) is 5.18. The molecule has 34 heavy (non-hydrogen) atoms. The first-order chi connectivity index (χ1) is 16.3. The predicted molar refractivity (Wildman–Crippen MR) is 127 cm³/mol. The van der Waals surface area contributed by atoms with E-state index in [-0.39, 0.29) is 5.75 Å². The number of aryl methyl sites for hydroxylation is 1. The number of hydrogen-bond donors (Lipinski definition) is 0. The third kappa shape index (κ3) is 4.85. The number of pyridine rings is 1. The van der Waals surface area contributed by atoms with Crippen LogP contribution >= 0.6 is 31.9 Å². The van der Waals surface area contributed by atoms with Gasteiger partial charge in [0.2, 0.25) is 5.75 Å². The summed E-state index contributed by atoms with van der Waals surface area (Å²) in [4.78, 5) is 18.9. The first-order valence-corrected chi connectivity index (χ1v) is 11.7. The Kier molecular flexibility index (Phi) is 7.03. The van der Waals surface area contributed by atoms with Crippen molar-refractivity contribution < 1.29 is 14.1 Å². The maximum atomic E-state index is 14.3. The van der Waals surface area contributed by atoms with Gasteiger partial charge in [-0.3, -0.25) is 4.68 Å². The zero-order valence-corrected chi connectivity index (χ0v) is 21.2. The van der Waals surface area contributed by atoms with Gasteiger partial charge in [-0.05, 0) is 73.8 Å². The van der Waals surface area contributed by atoms with Gasteiger partial charge in [-0.1, -0.05) is 0 Å². The smallest absolute Gasteiger partial charge is 0.406 e. The highest BCUT2D eigenvalue weighted by Crippen LogP contribution is 2.34. The summed E-state index contributed by atoms with van der Waals surface area (Å²) in [6.07, 6.45) is 4.13. The van der Waals surface area contributed by atoms with E-state index in [0.29, 0.717) is 34.5 Å². The second-order valence-corrected chi connectivity index (χ2v) is 8.90. The SMILES string of the molecule is CCn1ncc(Cc2ncnn2-c2ccc(F)cc2C(C)Oc2cc(Br)cnc2[N+](=O)[O-])c1Br. The Bertz CT molecular complexity index is 1360. The summed E-state index contributed by atoms with van der Waals surface area (Å²) in [5.41, 5.74) is 1.88. The average molecular weight is 595 g/mol. The van der Waals surface area contributed by atoms with Gasteiger partial charge in [-0.15, -0.1) is 0 Å². The highest BCUT2D eigenvalue weighted by molar-refractivity contribution is 9.10. The van der Waals surface area contributed by atoms with Crippen molar-refractivity contribution in [3.8, 4) is 11.4 Å². The molecule has 0 radical (unpaired) electrons. The second kappa shape index (κ2) is 9.97. The molecular weight excluding hydrogens is 577 g/mol. The van der Waals surface area contributed by atoms with Crippen molar-refractivity contribution in [2.45, 2.75) is 32.9 Å². The van der Waals surface area contributed by atoms with Crippen molar-refractivity contribution in [2.24, 2.45) is 0 Å². The van der Waals surface area contributed by atoms with E-state index >= 15 is 0 Å². The fraction of sp³-hybridized carbons (Fsp3) is 0.238. The second-order valence-electron chi connectivity index (χ2n) is 7.24. The Labute approximate surface area is 210 Å². The number of benzene rings is 1. The number of nitrogens with zero attached hydrogens (tertiary/aromatic N) is 7. The molecule has 3 aromatic heterocycles. The zero-order chi connectivity index (χ0) is 24.4. The first-order valence-electron chi connectivity index (χ1n) is 10.1. The summed E-state index contributed by atoms with van der Waals surface area (Å²) in [5.74, 6) is -0.361. The minimum atomic E-state index is -0.771. The highest BCUT2D eigenvalue weighted by Gasteiger charge is 2.24. The summed E-state index contributed by atoms with van der Waals surface area (Å²) < 4.78 is 24.9.